The number of aromatic nitrogens is 2. The van der Waals surface area contributed by atoms with E-state index in [-0.39, 0.29) is 10.9 Å². The van der Waals surface area contributed by atoms with Crippen LogP contribution in [0.5, 0.6) is 0 Å². The number of halogens is 3. The first-order chi connectivity index (χ1) is 12.5. The van der Waals surface area contributed by atoms with Gasteiger partial charge in [-0.2, -0.15) is 10.2 Å². The van der Waals surface area contributed by atoms with Crippen LogP contribution < -0.4 is 10.7 Å². The predicted octanol–water partition coefficient (Wildman–Crippen LogP) is 4.84. The molecule has 0 saturated heterocycles. The molecule has 0 aliphatic heterocycles. The molecule has 1 aromatic heterocycles. The average Bonchev–Trinajstić information content (AvgIpc) is 3.06. The second-order valence-electron chi connectivity index (χ2n) is 5.16. The van der Waals surface area contributed by atoms with E-state index in [1.165, 1.54) is 12.1 Å². The van der Waals surface area contributed by atoms with E-state index in [2.05, 4.69) is 26.0 Å². The quantitative estimate of drug-likeness (QED) is 0.328. The van der Waals surface area contributed by atoms with Gasteiger partial charge in [0.15, 0.2) is 5.11 Å². The van der Waals surface area contributed by atoms with Crippen molar-refractivity contribution in [2.75, 3.05) is 5.32 Å². The Hall–Kier alpha value is -2.48. The third kappa shape index (κ3) is 4.57. The lowest BCUT2D eigenvalue weighted by atomic mass is 10.1. The lowest BCUT2D eigenvalue weighted by Gasteiger charge is -2.08. The van der Waals surface area contributed by atoms with Crippen LogP contribution in [0.4, 0.5) is 10.1 Å². The molecule has 0 bridgehead atoms. The van der Waals surface area contributed by atoms with Gasteiger partial charge < -0.3 is 5.32 Å². The smallest absolute Gasteiger partial charge is 0.191 e. The van der Waals surface area contributed by atoms with Crippen LogP contribution in [0.15, 0.2) is 53.8 Å². The predicted molar refractivity (Wildman–Crippen MR) is 107 cm³/mol. The number of nitrogens with one attached hydrogen (secondary N) is 3. The van der Waals surface area contributed by atoms with Gasteiger partial charge >= 0.3 is 0 Å². The Morgan fingerprint density at radius 2 is 1.96 bits per heavy atom. The topological polar surface area (TPSA) is 65.1 Å². The number of H-pyrrole nitrogens is 1. The standard InChI is InChI=1S/C17H12Cl2FN5S/c18-12-3-6-15(14(19)7-12)23-17(26)25-22-9-11-8-21-24-16(11)10-1-4-13(20)5-2-10/h1-9H,(H,21,24)(H2,23,25,26)/b22-9+. The summed E-state index contributed by atoms with van der Waals surface area (Å²) in [7, 11) is 0. The minimum atomic E-state index is -0.303. The Kier molecular flexibility index (Phi) is 5.82. The van der Waals surface area contributed by atoms with Gasteiger partial charge in [0, 0.05) is 16.1 Å². The van der Waals surface area contributed by atoms with Crippen LogP contribution in [0, 0.1) is 5.82 Å². The Balaban J connectivity index is 1.65. The first-order valence-electron chi connectivity index (χ1n) is 7.37. The Morgan fingerprint density at radius 3 is 2.69 bits per heavy atom. The monoisotopic (exact) mass is 407 g/mol. The number of hydrogen-bond donors (Lipinski definition) is 3. The van der Waals surface area contributed by atoms with E-state index in [0.29, 0.717) is 15.7 Å². The molecule has 132 valence electrons. The van der Waals surface area contributed by atoms with Crippen molar-refractivity contribution in [1.82, 2.24) is 15.6 Å². The number of thiocarbonyl (C=S) groups is 1. The van der Waals surface area contributed by atoms with E-state index < -0.39 is 0 Å². The number of aromatic amines is 1. The largest absolute Gasteiger partial charge is 0.330 e. The van der Waals surface area contributed by atoms with Crippen LogP contribution in [0.3, 0.4) is 0 Å². The van der Waals surface area contributed by atoms with E-state index in [1.807, 2.05) is 0 Å². The zero-order valence-electron chi connectivity index (χ0n) is 13.1. The van der Waals surface area contributed by atoms with Gasteiger partial charge in [-0.25, -0.2) is 4.39 Å². The zero-order valence-corrected chi connectivity index (χ0v) is 15.5. The Labute approximate surface area is 164 Å². The number of hydrazone groups is 1. The molecule has 0 fully saturated rings. The fourth-order valence-electron chi connectivity index (χ4n) is 2.14. The van der Waals surface area contributed by atoms with Crippen molar-refractivity contribution < 1.29 is 4.39 Å². The van der Waals surface area contributed by atoms with Crippen LogP contribution in [0.25, 0.3) is 11.3 Å². The summed E-state index contributed by atoms with van der Waals surface area (Å²) in [5, 5.41) is 15.1. The number of rotatable bonds is 4. The summed E-state index contributed by atoms with van der Waals surface area (Å²) < 4.78 is 13.0. The molecule has 0 spiro atoms. The highest BCUT2D eigenvalue weighted by Crippen LogP contribution is 2.25. The molecule has 9 heteroatoms. The summed E-state index contributed by atoms with van der Waals surface area (Å²) in [6, 6.07) is 11.1. The van der Waals surface area contributed by atoms with E-state index in [0.717, 1.165) is 16.8 Å². The first kappa shape index (κ1) is 18.3. The second kappa shape index (κ2) is 8.27. The normalized spacial score (nSPS) is 10.9. The highest BCUT2D eigenvalue weighted by molar-refractivity contribution is 7.80. The fraction of sp³-hybridized carbons (Fsp3) is 0. The number of hydrogen-bond acceptors (Lipinski definition) is 3. The summed E-state index contributed by atoms with van der Waals surface area (Å²) in [5.74, 6) is -0.303. The van der Waals surface area contributed by atoms with Crippen molar-refractivity contribution in [2.45, 2.75) is 0 Å². The molecule has 1 heterocycles. The zero-order chi connectivity index (χ0) is 18.5. The SMILES string of the molecule is Fc1ccc(-c2[nH]ncc2/C=N/NC(=S)Nc2ccc(Cl)cc2Cl)cc1. The maximum atomic E-state index is 13.0. The van der Waals surface area contributed by atoms with Crippen molar-refractivity contribution in [2.24, 2.45) is 5.10 Å². The summed E-state index contributed by atoms with van der Waals surface area (Å²) in [4.78, 5) is 0. The Morgan fingerprint density at radius 1 is 1.19 bits per heavy atom. The van der Waals surface area contributed by atoms with Crippen LogP contribution in [-0.4, -0.2) is 21.5 Å². The highest BCUT2D eigenvalue weighted by atomic mass is 35.5. The van der Waals surface area contributed by atoms with Gasteiger partial charge in [-0.15, -0.1) is 0 Å². The van der Waals surface area contributed by atoms with Crippen molar-refractivity contribution in [3.63, 3.8) is 0 Å². The molecule has 0 aliphatic carbocycles. The van der Waals surface area contributed by atoms with Crippen LogP contribution in [0.2, 0.25) is 10.0 Å². The maximum absolute atomic E-state index is 13.0. The minimum Gasteiger partial charge on any atom is -0.330 e. The molecule has 3 aromatic rings. The second-order valence-corrected chi connectivity index (χ2v) is 6.41. The fourth-order valence-corrected chi connectivity index (χ4v) is 2.76. The number of anilines is 1. The van der Waals surface area contributed by atoms with Gasteiger partial charge in [-0.1, -0.05) is 23.2 Å². The van der Waals surface area contributed by atoms with Crippen molar-refractivity contribution in [3.8, 4) is 11.3 Å². The molecule has 26 heavy (non-hydrogen) atoms. The first-order valence-corrected chi connectivity index (χ1v) is 8.54. The lowest BCUT2D eigenvalue weighted by molar-refractivity contribution is 0.628. The van der Waals surface area contributed by atoms with Gasteiger partial charge in [0.2, 0.25) is 0 Å². The van der Waals surface area contributed by atoms with E-state index in [4.69, 9.17) is 35.4 Å². The molecule has 0 radical (unpaired) electrons. The maximum Gasteiger partial charge on any atom is 0.191 e. The molecule has 2 aromatic carbocycles. The molecule has 0 atom stereocenters. The molecule has 3 N–H and O–H groups in total. The molecular formula is C17H12Cl2FN5S. The third-order valence-corrected chi connectivity index (χ3v) is 4.09. The van der Waals surface area contributed by atoms with E-state index >= 15 is 0 Å². The molecule has 0 amide bonds. The van der Waals surface area contributed by atoms with Gasteiger partial charge in [-0.05, 0) is 54.7 Å². The van der Waals surface area contributed by atoms with Crippen molar-refractivity contribution in [3.05, 3.63) is 70.1 Å². The molecule has 3 rings (SSSR count). The van der Waals surface area contributed by atoms with Crippen molar-refractivity contribution in [1.29, 1.82) is 0 Å². The molecule has 0 saturated carbocycles. The highest BCUT2D eigenvalue weighted by Gasteiger charge is 2.06. The molecule has 5 nitrogen and oxygen atoms in total. The van der Waals surface area contributed by atoms with Crippen LogP contribution in [-0.2, 0) is 0 Å². The molecule has 0 aliphatic rings. The van der Waals surface area contributed by atoms with Gasteiger partial charge in [-0.3, -0.25) is 10.5 Å². The average molecular weight is 408 g/mol. The van der Waals surface area contributed by atoms with E-state index in [9.17, 15) is 4.39 Å². The summed E-state index contributed by atoms with van der Waals surface area (Å²) >= 11 is 17.1. The van der Waals surface area contributed by atoms with Crippen LogP contribution >= 0.6 is 35.4 Å². The number of benzene rings is 2. The number of nitrogens with zero attached hydrogens (tertiary/aromatic N) is 2. The lowest BCUT2D eigenvalue weighted by Crippen LogP contribution is -2.24. The summed E-state index contributed by atoms with van der Waals surface area (Å²) in [6.07, 6.45) is 3.16. The minimum absolute atomic E-state index is 0.261. The summed E-state index contributed by atoms with van der Waals surface area (Å²) in [6.45, 7) is 0. The molecular weight excluding hydrogens is 396 g/mol. The van der Waals surface area contributed by atoms with Gasteiger partial charge in [0.05, 0.1) is 28.8 Å². The van der Waals surface area contributed by atoms with Crippen LogP contribution in [0.1, 0.15) is 5.56 Å². The third-order valence-electron chi connectivity index (χ3n) is 3.35. The van der Waals surface area contributed by atoms with Crippen molar-refractivity contribution >= 4 is 52.4 Å². The Bertz CT molecular complexity index is 956. The van der Waals surface area contributed by atoms with E-state index in [1.54, 1.807) is 42.7 Å². The van der Waals surface area contributed by atoms with Gasteiger partial charge in [0.1, 0.15) is 5.82 Å². The summed E-state index contributed by atoms with van der Waals surface area (Å²) in [5.41, 5.74) is 5.53. The molecule has 0 unspecified atom stereocenters. The van der Waals surface area contributed by atoms with Gasteiger partial charge in [0.25, 0.3) is 0 Å².